The van der Waals surface area contributed by atoms with Crippen molar-refractivity contribution in [2.24, 2.45) is 4.99 Å². The predicted molar refractivity (Wildman–Crippen MR) is 110 cm³/mol. The maximum absolute atomic E-state index is 4.65. The van der Waals surface area contributed by atoms with Crippen molar-refractivity contribution in [1.29, 1.82) is 0 Å². The summed E-state index contributed by atoms with van der Waals surface area (Å²) in [4.78, 5) is 7.04. The van der Waals surface area contributed by atoms with E-state index in [1.165, 1.54) is 5.56 Å². The van der Waals surface area contributed by atoms with E-state index in [1.54, 1.807) is 0 Å². The van der Waals surface area contributed by atoms with Crippen LogP contribution in [0.3, 0.4) is 0 Å². The van der Waals surface area contributed by atoms with Crippen molar-refractivity contribution >= 4 is 11.4 Å². The Bertz CT molecular complexity index is 720. The second kappa shape index (κ2) is 9.22. The van der Waals surface area contributed by atoms with Crippen molar-refractivity contribution in [3.63, 3.8) is 0 Å². The van der Waals surface area contributed by atoms with Crippen LogP contribution in [0.2, 0.25) is 0 Å². The molecule has 0 aliphatic heterocycles. The van der Waals surface area contributed by atoms with Crippen LogP contribution in [0.15, 0.2) is 60.1 Å². The molecular weight excluding hydrogens is 304 g/mol. The van der Waals surface area contributed by atoms with Gasteiger partial charge in [-0.15, -0.1) is 0 Å². The van der Waals surface area contributed by atoms with E-state index in [4.69, 9.17) is 0 Å². The molecule has 0 radical (unpaired) electrons. The maximum Gasteiger partial charge on any atom is 0.131 e. The Morgan fingerprint density at radius 1 is 0.920 bits per heavy atom. The second-order valence-corrected chi connectivity index (χ2v) is 6.42. The molecule has 0 bridgehead atoms. The Kier molecular flexibility index (Phi) is 7.00. The summed E-state index contributed by atoms with van der Waals surface area (Å²) in [5, 5.41) is 0. The zero-order valence-electron chi connectivity index (χ0n) is 16.0. The number of amidine groups is 1. The van der Waals surface area contributed by atoms with Gasteiger partial charge in [-0.1, -0.05) is 74.5 Å². The summed E-state index contributed by atoms with van der Waals surface area (Å²) in [7, 11) is 1.89. The molecule has 2 aromatic rings. The molecule has 0 fully saturated rings. The highest BCUT2D eigenvalue weighted by molar-refractivity contribution is 6.04. The zero-order valence-corrected chi connectivity index (χ0v) is 16.0. The summed E-state index contributed by atoms with van der Waals surface area (Å²) in [5.41, 5.74) is 5.79. The topological polar surface area (TPSA) is 15.6 Å². The van der Waals surface area contributed by atoms with Crippen molar-refractivity contribution in [3.05, 3.63) is 77.4 Å². The van der Waals surface area contributed by atoms with E-state index in [-0.39, 0.29) is 0 Å². The standard InChI is InChI=1S/C23H30N2/c1-6-16-25(17-7-2)23(24-5)22-11-9-8-10-21(22)19(4)20-14-12-18(3)13-15-20/h8-15H,4,6-7,16-17H2,1-3,5H3/b24-23+. The molecule has 132 valence electrons. The predicted octanol–water partition coefficient (Wildman–Crippen LogP) is 5.55. The lowest BCUT2D eigenvalue weighted by Gasteiger charge is -2.27. The molecule has 0 aliphatic carbocycles. The van der Waals surface area contributed by atoms with E-state index in [2.05, 4.69) is 85.8 Å². The fourth-order valence-electron chi connectivity index (χ4n) is 3.15. The maximum atomic E-state index is 4.65. The minimum atomic E-state index is 1.02. The van der Waals surface area contributed by atoms with Gasteiger partial charge in [0.1, 0.15) is 5.84 Å². The molecule has 0 aliphatic rings. The van der Waals surface area contributed by atoms with Crippen LogP contribution >= 0.6 is 0 Å². The summed E-state index contributed by atoms with van der Waals surface area (Å²) in [6.45, 7) is 13.0. The molecule has 2 rings (SSSR count). The zero-order chi connectivity index (χ0) is 18.2. The first-order valence-electron chi connectivity index (χ1n) is 9.19. The molecule has 0 heterocycles. The summed E-state index contributed by atoms with van der Waals surface area (Å²) >= 11 is 0. The fourth-order valence-corrected chi connectivity index (χ4v) is 3.15. The van der Waals surface area contributed by atoms with Gasteiger partial charge in [-0.05, 0) is 36.5 Å². The van der Waals surface area contributed by atoms with Crippen molar-refractivity contribution < 1.29 is 0 Å². The van der Waals surface area contributed by atoms with Gasteiger partial charge in [0, 0.05) is 25.7 Å². The molecule has 0 unspecified atom stereocenters. The average Bonchev–Trinajstić information content (AvgIpc) is 2.63. The minimum absolute atomic E-state index is 1.02. The Labute approximate surface area is 152 Å². The molecule has 2 heteroatoms. The van der Waals surface area contributed by atoms with Crippen LogP contribution in [0.4, 0.5) is 0 Å². The third-order valence-electron chi connectivity index (χ3n) is 4.39. The molecule has 25 heavy (non-hydrogen) atoms. The van der Waals surface area contributed by atoms with Crippen LogP contribution in [0, 0.1) is 6.92 Å². The van der Waals surface area contributed by atoms with Crippen molar-refractivity contribution in [3.8, 4) is 0 Å². The highest BCUT2D eigenvalue weighted by Crippen LogP contribution is 2.26. The number of benzene rings is 2. The van der Waals surface area contributed by atoms with Crippen LogP contribution < -0.4 is 0 Å². The van der Waals surface area contributed by atoms with Gasteiger partial charge >= 0.3 is 0 Å². The number of aryl methyl sites for hydroxylation is 1. The van der Waals surface area contributed by atoms with Gasteiger partial charge < -0.3 is 4.90 Å². The lowest BCUT2D eigenvalue weighted by molar-refractivity contribution is 0.417. The Morgan fingerprint density at radius 3 is 2.00 bits per heavy atom. The van der Waals surface area contributed by atoms with Gasteiger partial charge in [0.25, 0.3) is 0 Å². The largest absolute Gasteiger partial charge is 0.356 e. The minimum Gasteiger partial charge on any atom is -0.356 e. The molecule has 0 amide bonds. The molecule has 0 aromatic heterocycles. The number of aliphatic imine (C=N–C) groups is 1. The first kappa shape index (κ1) is 19.0. The average molecular weight is 335 g/mol. The first-order valence-corrected chi connectivity index (χ1v) is 9.19. The van der Waals surface area contributed by atoms with E-state index >= 15 is 0 Å². The van der Waals surface area contributed by atoms with Crippen LogP contribution in [0.5, 0.6) is 0 Å². The Morgan fingerprint density at radius 2 is 1.48 bits per heavy atom. The molecule has 0 spiro atoms. The molecule has 0 saturated heterocycles. The van der Waals surface area contributed by atoms with Gasteiger partial charge in [0.15, 0.2) is 0 Å². The number of hydrogen-bond acceptors (Lipinski definition) is 1. The monoisotopic (exact) mass is 334 g/mol. The number of nitrogens with zero attached hydrogens (tertiary/aromatic N) is 2. The fraction of sp³-hybridized carbons (Fsp3) is 0.348. The molecular formula is C23H30N2. The van der Waals surface area contributed by atoms with Crippen LogP contribution in [0.25, 0.3) is 5.57 Å². The third-order valence-corrected chi connectivity index (χ3v) is 4.39. The second-order valence-electron chi connectivity index (χ2n) is 6.42. The Balaban J connectivity index is 2.45. The van der Waals surface area contributed by atoms with Gasteiger partial charge in [-0.25, -0.2) is 0 Å². The van der Waals surface area contributed by atoms with Gasteiger partial charge in [-0.3, -0.25) is 4.99 Å². The molecule has 0 atom stereocenters. The van der Waals surface area contributed by atoms with Crippen LogP contribution in [-0.2, 0) is 0 Å². The van der Waals surface area contributed by atoms with E-state index in [1.807, 2.05) is 7.05 Å². The smallest absolute Gasteiger partial charge is 0.131 e. The van der Waals surface area contributed by atoms with E-state index < -0.39 is 0 Å². The molecule has 2 nitrogen and oxygen atoms in total. The lowest BCUT2D eigenvalue weighted by Crippen LogP contribution is -2.33. The van der Waals surface area contributed by atoms with Crippen molar-refractivity contribution in [1.82, 2.24) is 4.90 Å². The third kappa shape index (κ3) is 4.60. The normalized spacial score (nSPS) is 11.4. The summed E-state index contributed by atoms with van der Waals surface area (Å²) < 4.78 is 0. The quantitative estimate of drug-likeness (QED) is 0.478. The van der Waals surface area contributed by atoms with E-state index in [0.29, 0.717) is 0 Å². The Hall–Kier alpha value is -2.35. The van der Waals surface area contributed by atoms with Crippen LogP contribution in [-0.4, -0.2) is 30.9 Å². The number of hydrogen-bond donors (Lipinski definition) is 0. The van der Waals surface area contributed by atoms with E-state index in [0.717, 1.165) is 54.0 Å². The van der Waals surface area contributed by atoms with Crippen LogP contribution in [0.1, 0.15) is 48.9 Å². The molecule has 2 aromatic carbocycles. The SMILES string of the molecule is C=C(c1ccc(C)cc1)c1ccccc1/C(=N\C)N(CCC)CCC. The van der Waals surface area contributed by atoms with Gasteiger partial charge in [-0.2, -0.15) is 0 Å². The lowest BCUT2D eigenvalue weighted by atomic mass is 9.93. The van der Waals surface area contributed by atoms with Gasteiger partial charge in [0.05, 0.1) is 0 Å². The molecule has 0 N–H and O–H groups in total. The summed E-state index contributed by atoms with van der Waals surface area (Å²) in [6.07, 6.45) is 2.22. The van der Waals surface area contributed by atoms with E-state index in [9.17, 15) is 0 Å². The number of rotatable bonds is 7. The first-order chi connectivity index (χ1) is 12.1. The molecule has 0 saturated carbocycles. The van der Waals surface area contributed by atoms with Gasteiger partial charge in [0.2, 0.25) is 0 Å². The van der Waals surface area contributed by atoms with Crippen molar-refractivity contribution in [2.75, 3.05) is 20.1 Å². The highest BCUT2D eigenvalue weighted by atomic mass is 15.2. The van der Waals surface area contributed by atoms with Crippen molar-refractivity contribution in [2.45, 2.75) is 33.6 Å². The summed E-state index contributed by atoms with van der Waals surface area (Å²) in [6, 6.07) is 17.0. The summed E-state index contributed by atoms with van der Waals surface area (Å²) in [5.74, 6) is 1.06. The highest BCUT2D eigenvalue weighted by Gasteiger charge is 2.17.